The van der Waals surface area contributed by atoms with Crippen LogP contribution in [0.2, 0.25) is 0 Å². The van der Waals surface area contributed by atoms with E-state index in [9.17, 15) is 14.0 Å². The van der Waals surface area contributed by atoms with Crippen molar-refractivity contribution in [1.82, 2.24) is 19.6 Å². The smallest absolute Gasteiger partial charge is 0.264 e. The van der Waals surface area contributed by atoms with Crippen LogP contribution in [-0.2, 0) is 9.53 Å². The summed E-state index contributed by atoms with van der Waals surface area (Å²) >= 11 is 0. The van der Waals surface area contributed by atoms with Crippen molar-refractivity contribution in [1.29, 1.82) is 0 Å². The molecule has 26 heavy (non-hydrogen) atoms. The molecule has 0 spiro atoms. The minimum atomic E-state index is -1.93. The average molecular weight is 357 g/mol. The van der Waals surface area contributed by atoms with Gasteiger partial charge in [-0.2, -0.15) is 5.10 Å². The summed E-state index contributed by atoms with van der Waals surface area (Å²) in [5, 5.41) is 8.90. The van der Waals surface area contributed by atoms with Gasteiger partial charge < -0.3 is 14.5 Å². The van der Waals surface area contributed by atoms with E-state index in [1.807, 2.05) is 0 Å². The molecule has 1 amide bonds. The van der Waals surface area contributed by atoms with Gasteiger partial charge in [-0.05, 0) is 18.2 Å². The SMILES string of the molecule is O=C(Nc1cn2cc(-c3ccc(=O)[nH]n3)ccc2n1)C1(F)CCOCC1. The third-order valence-corrected chi connectivity index (χ3v) is 4.36. The van der Waals surface area contributed by atoms with Crippen LogP contribution in [0.1, 0.15) is 12.8 Å². The first-order chi connectivity index (χ1) is 12.5. The van der Waals surface area contributed by atoms with Gasteiger partial charge in [0.15, 0.2) is 11.5 Å². The quantitative estimate of drug-likeness (QED) is 0.740. The van der Waals surface area contributed by atoms with E-state index >= 15 is 0 Å². The highest BCUT2D eigenvalue weighted by Crippen LogP contribution is 2.27. The number of hydrogen-bond acceptors (Lipinski definition) is 5. The first-order valence-electron chi connectivity index (χ1n) is 8.16. The molecular weight excluding hydrogens is 341 g/mol. The van der Waals surface area contributed by atoms with Gasteiger partial charge in [-0.25, -0.2) is 14.5 Å². The number of amides is 1. The number of alkyl halides is 1. The number of anilines is 1. The number of ether oxygens (including phenoxy) is 1. The molecule has 1 aliphatic rings. The van der Waals surface area contributed by atoms with Gasteiger partial charge in [0, 0.05) is 30.7 Å². The highest BCUT2D eigenvalue weighted by atomic mass is 19.1. The number of rotatable bonds is 3. The third-order valence-electron chi connectivity index (χ3n) is 4.36. The Morgan fingerprint density at radius 1 is 1.23 bits per heavy atom. The van der Waals surface area contributed by atoms with E-state index in [4.69, 9.17) is 4.74 Å². The van der Waals surface area contributed by atoms with E-state index in [-0.39, 0.29) is 37.4 Å². The van der Waals surface area contributed by atoms with E-state index in [1.165, 1.54) is 6.07 Å². The molecule has 0 atom stereocenters. The highest BCUT2D eigenvalue weighted by Gasteiger charge is 2.40. The molecule has 2 N–H and O–H groups in total. The van der Waals surface area contributed by atoms with Gasteiger partial charge in [-0.1, -0.05) is 0 Å². The largest absolute Gasteiger partial charge is 0.381 e. The highest BCUT2D eigenvalue weighted by molar-refractivity contribution is 5.96. The molecule has 3 aromatic heterocycles. The number of carbonyl (C=O) groups excluding carboxylic acids is 1. The van der Waals surface area contributed by atoms with Crippen molar-refractivity contribution in [3.8, 4) is 11.3 Å². The van der Waals surface area contributed by atoms with Crippen LogP contribution in [0.25, 0.3) is 16.9 Å². The lowest BCUT2D eigenvalue weighted by Crippen LogP contribution is -2.43. The second kappa shape index (κ2) is 6.34. The first kappa shape index (κ1) is 16.4. The maximum atomic E-state index is 14.7. The molecule has 0 saturated carbocycles. The lowest BCUT2D eigenvalue weighted by molar-refractivity contribution is -0.133. The van der Waals surface area contributed by atoms with Crippen molar-refractivity contribution in [3.63, 3.8) is 0 Å². The maximum Gasteiger partial charge on any atom is 0.264 e. The second-order valence-electron chi connectivity index (χ2n) is 6.15. The predicted octanol–water partition coefficient (Wildman–Crippen LogP) is 1.54. The van der Waals surface area contributed by atoms with Crippen molar-refractivity contribution in [2.45, 2.75) is 18.5 Å². The Hall–Kier alpha value is -3.07. The van der Waals surface area contributed by atoms with Crippen molar-refractivity contribution < 1.29 is 13.9 Å². The van der Waals surface area contributed by atoms with Crippen molar-refractivity contribution in [2.24, 2.45) is 0 Å². The average Bonchev–Trinajstić information content (AvgIpc) is 3.04. The van der Waals surface area contributed by atoms with Crippen LogP contribution >= 0.6 is 0 Å². The molecular formula is C17H16FN5O3. The van der Waals surface area contributed by atoms with Gasteiger partial charge in [-0.3, -0.25) is 9.59 Å². The van der Waals surface area contributed by atoms with Crippen LogP contribution in [-0.4, -0.2) is 44.4 Å². The number of aromatic nitrogens is 4. The normalized spacial score (nSPS) is 16.5. The number of hydrogen-bond donors (Lipinski definition) is 2. The molecule has 134 valence electrons. The number of H-pyrrole nitrogens is 1. The topological polar surface area (TPSA) is 101 Å². The van der Waals surface area contributed by atoms with E-state index in [0.717, 1.165) is 5.56 Å². The van der Waals surface area contributed by atoms with E-state index in [1.54, 1.807) is 35.0 Å². The molecule has 0 bridgehead atoms. The summed E-state index contributed by atoms with van der Waals surface area (Å²) in [6.45, 7) is 0.454. The summed E-state index contributed by atoms with van der Waals surface area (Å²) in [6.07, 6.45) is 3.44. The Morgan fingerprint density at radius 2 is 2.04 bits per heavy atom. The fourth-order valence-corrected chi connectivity index (χ4v) is 2.86. The molecule has 4 heterocycles. The Bertz CT molecular complexity index is 1000. The number of aromatic amines is 1. The molecule has 0 aliphatic carbocycles. The van der Waals surface area contributed by atoms with E-state index < -0.39 is 11.6 Å². The molecule has 8 nitrogen and oxygen atoms in total. The van der Waals surface area contributed by atoms with Crippen LogP contribution in [0.5, 0.6) is 0 Å². The summed E-state index contributed by atoms with van der Waals surface area (Å²) in [5.41, 5.74) is -0.269. The zero-order valence-electron chi connectivity index (χ0n) is 13.7. The van der Waals surface area contributed by atoms with Crippen molar-refractivity contribution >= 4 is 17.4 Å². The van der Waals surface area contributed by atoms with Crippen LogP contribution in [0.3, 0.4) is 0 Å². The molecule has 0 aromatic carbocycles. The van der Waals surface area contributed by atoms with Gasteiger partial charge in [-0.15, -0.1) is 0 Å². The van der Waals surface area contributed by atoms with Crippen molar-refractivity contribution in [3.05, 3.63) is 47.0 Å². The summed E-state index contributed by atoms with van der Waals surface area (Å²) in [7, 11) is 0. The fraction of sp³-hybridized carbons (Fsp3) is 0.294. The number of imidazole rings is 1. The summed E-state index contributed by atoms with van der Waals surface area (Å²) < 4.78 is 21.5. The molecule has 4 rings (SSSR count). The Morgan fingerprint density at radius 3 is 2.77 bits per heavy atom. The number of nitrogens with one attached hydrogen (secondary N) is 2. The Labute approximate surface area is 147 Å². The Balaban J connectivity index is 1.58. The number of nitrogens with zero attached hydrogens (tertiary/aromatic N) is 3. The van der Waals surface area contributed by atoms with E-state index in [0.29, 0.717) is 11.3 Å². The maximum absolute atomic E-state index is 14.7. The third kappa shape index (κ3) is 3.08. The van der Waals surface area contributed by atoms with Crippen LogP contribution in [0, 0.1) is 0 Å². The molecule has 0 radical (unpaired) electrons. The summed E-state index contributed by atoms with van der Waals surface area (Å²) in [4.78, 5) is 27.7. The first-order valence-corrected chi connectivity index (χ1v) is 8.16. The zero-order valence-corrected chi connectivity index (χ0v) is 13.7. The monoisotopic (exact) mass is 357 g/mol. The second-order valence-corrected chi connectivity index (χ2v) is 6.15. The van der Waals surface area contributed by atoms with Gasteiger partial charge >= 0.3 is 0 Å². The van der Waals surface area contributed by atoms with Crippen LogP contribution in [0.15, 0.2) is 41.5 Å². The summed E-state index contributed by atoms with van der Waals surface area (Å²) in [6, 6.07) is 6.54. The molecule has 1 aliphatic heterocycles. The van der Waals surface area contributed by atoms with Crippen LogP contribution < -0.4 is 10.9 Å². The minimum Gasteiger partial charge on any atom is -0.381 e. The number of carbonyl (C=O) groups is 1. The van der Waals surface area contributed by atoms with E-state index in [2.05, 4.69) is 20.5 Å². The lowest BCUT2D eigenvalue weighted by Gasteiger charge is -2.27. The van der Waals surface area contributed by atoms with Crippen LogP contribution in [0.4, 0.5) is 10.2 Å². The number of pyridine rings is 1. The molecule has 1 fully saturated rings. The lowest BCUT2D eigenvalue weighted by atomic mass is 9.95. The van der Waals surface area contributed by atoms with Gasteiger partial charge in [0.2, 0.25) is 0 Å². The van der Waals surface area contributed by atoms with Gasteiger partial charge in [0.25, 0.3) is 11.5 Å². The molecule has 3 aromatic rings. The fourth-order valence-electron chi connectivity index (χ4n) is 2.86. The zero-order chi connectivity index (χ0) is 18.1. The summed E-state index contributed by atoms with van der Waals surface area (Å²) in [5.74, 6) is -0.433. The molecule has 1 saturated heterocycles. The predicted molar refractivity (Wildman–Crippen MR) is 91.6 cm³/mol. The van der Waals surface area contributed by atoms with Crippen molar-refractivity contribution in [2.75, 3.05) is 18.5 Å². The van der Waals surface area contributed by atoms with Gasteiger partial charge in [0.1, 0.15) is 5.65 Å². The number of fused-ring (bicyclic) bond motifs is 1. The Kier molecular flexibility index (Phi) is 4.00. The van der Waals surface area contributed by atoms with Gasteiger partial charge in [0.05, 0.1) is 25.1 Å². The number of halogens is 1. The molecule has 9 heteroatoms. The minimum absolute atomic E-state index is 0.0359. The molecule has 0 unspecified atom stereocenters. The standard InChI is InChI=1S/C17H16FN5O3/c18-17(5-7-26-8-6-17)16(25)20-13-10-23-9-11(1-3-14(23)19-13)12-2-4-15(24)22-21-12/h1-4,9-10H,5-8H2,(H,20,25)(H,22,24).